The average molecular weight is 311 g/mol. The van der Waals surface area contributed by atoms with Crippen molar-refractivity contribution in [2.24, 2.45) is 5.73 Å². The Morgan fingerprint density at radius 1 is 1.11 bits per heavy atom. The van der Waals surface area contributed by atoms with Crippen LogP contribution in [0.25, 0.3) is 0 Å². The third kappa shape index (κ3) is 3.15. The highest BCUT2D eigenvalue weighted by Crippen LogP contribution is 2.44. The molecule has 1 aromatic rings. The third-order valence-corrected chi connectivity index (χ3v) is 2.39. The molecular weight excluding hydrogens is 302 g/mol. The monoisotopic (exact) mass is 310 g/mol. The van der Waals surface area contributed by atoms with Crippen molar-refractivity contribution in [1.29, 1.82) is 0 Å². The average Bonchev–Trinajstić information content (AvgIpc) is 2.19. The smallest absolute Gasteiger partial charge is 0.398 e. The first kappa shape index (κ1) is 17.2. The van der Waals surface area contributed by atoms with Crippen LogP contribution in [-0.4, -0.2) is 12.1 Å². The van der Waals surface area contributed by atoms with Crippen molar-refractivity contribution in [3.8, 4) is 0 Å². The van der Waals surface area contributed by atoms with Crippen LogP contribution in [0, 0.1) is 0 Å². The molecule has 0 aromatic heterocycles. The standard InChI is InChI=1S/C9H8ClF5N2.ClH/c10-4-1-2-6(16)5(3-4)7(17)8(11,12)9(13,14)15;/h1-3,7H,16-17H2;1H/t7-;/m1./s1. The second-order valence-corrected chi connectivity index (χ2v) is 3.81. The van der Waals surface area contributed by atoms with Crippen LogP contribution in [-0.2, 0) is 0 Å². The lowest BCUT2D eigenvalue weighted by atomic mass is 9.99. The van der Waals surface area contributed by atoms with Crippen molar-refractivity contribution < 1.29 is 22.0 Å². The Morgan fingerprint density at radius 2 is 1.61 bits per heavy atom. The number of benzene rings is 1. The summed E-state index contributed by atoms with van der Waals surface area (Å²) in [5.74, 6) is -5.08. The van der Waals surface area contributed by atoms with Gasteiger partial charge in [0, 0.05) is 10.7 Å². The summed E-state index contributed by atoms with van der Waals surface area (Å²) < 4.78 is 62.2. The van der Waals surface area contributed by atoms with E-state index in [1.807, 2.05) is 0 Å². The van der Waals surface area contributed by atoms with Crippen molar-refractivity contribution in [3.63, 3.8) is 0 Å². The number of hydrogen-bond donors (Lipinski definition) is 2. The second-order valence-electron chi connectivity index (χ2n) is 3.37. The molecule has 0 amide bonds. The Balaban J connectivity index is 0.00000289. The molecule has 0 saturated heterocycles. The lowest BCUT2D eigenvalue weighted by molar-refractivity contribution is -0.290. The molecule has 104 valence electrons. The fourth-order valence-corrected chi connectivity index (χ4v) is 1.37. The molecule has 1 atom stereocenters. The maximum Gasteiger partial charge on any atom is 0.455 e. The first-order chi connectivity index (χ1) is 7.57. The zero-order valence-corrected chi connectivity index (χ0v) is 10.2. The van der Waals surface area contributed by atoms with Crippen LogP contribution in [0.4, 0.5) is 27.6 Å². The highest BCUT2D eigenvalue weighted by Gasteiger charge is 2.62. The van der Waals surface area contributed by atoms with E-state index in [0.29, 0.717) is 0 Å². The van der Waals surface area contributed by atoms with E-state index in [4.69, 9.17) is 23.1 Å². The lowest BCUT2D eigenvalue weighted by Gasteiger charge is -2.26. The number of alkyl halides is 5. The number of halogens is 7. The summed E-state index contributed by atoms with van der Waals surface area (Å²) in [4.78, 5) is 0. The van der Waals surface area contributed by atoms with Crippen molar-refractivity contribution in [1.82, 2.24) is 0 Å². The third-order valence-electron chi connectivity index (χ3n) is 2.15. The summed E-state index contributed by atoms with van der Waals surface area (Å²) in [7, 11) is 0. The lowest BCUT2D eigenvalue weighted by Crippen LogP contribution is -2.46. The fraction of sp³-hybridized carbons (Fsp3) is 0.333. The molecule has 4 N–H and O–H groups in total. The van der Waals surface area contributed by atoms with Gasteiger partial charge in [0.25, 0.3) is 0 Å². The SMILES string of the molecule is Cl.Nc1ccc(Cl)cc1[C@@H](N)C(F)(F)C(F)(F)F. The predicted octanol–water partition coefficient (Wildman–Crippen LogP) is 3.54. The van der Waals surface area contributed by atoms with E-state index in [1.54, 1.807) is 0 Å². The molecule has 0 unspecified atom stereocenters. The molecule has 1 rings (SSSR count). The molecule has 0 spiro atoms. The van der Waals surface area contributed by atoms with Gasteiger partial charge < -0.3 is 11.5 Å². The summed E-state index contributed by atoms with van der Waals surface area (Å²) in [6.07, 6.45) is -5.75. The van der Waals surface area contributed by atoms with E-state index < -0.39 is 23.7 Å². The number of nitrogens with two attached hydrogens (primary N) is 2. The Morgan fingerprint density at radius 3 is 2.06 bits per heavy atom. The van der Waals surface area contributed by atoms with Gasteiger partial charge in [-0.15, -0.1) is 12.4 Å². The van der Waals surface area contributed by atoms with E-state index in [1.165, 1.54) is 6.07 Å². The first-order valence-corrected chi connectivity index (χ1v) is 4.70. The minimum absolute atomic E-state index is 0. The van der Waals surface area contributed by atoms with E-state index in [2.05, 4.69) is 0 Å². The Labute approximate surface area is 110 Å². The zero-order valence-electron chi connectivity index (χ0n) is 8.64. The van der Waals surface area contributed by atoms with Gasteiger partial charge in [0.15, 0.2) is 0 Å². The van der Waals surface area contributed by atoms with Crippen molar-refractivity contribution in [3.05, 3.63) is 28.8 Å². The van der Waals surface area contributed by atoms with Crippen LogP contribution in [0.2, 0.25) is 5.02 Å². The normalized spacial score (nSPS) is 13.9. The van der Waals surface area contributed by atoms with Gasteiger partial charge in [-0.3, -0.25) is 0 Å². The summed E-state index contributed by atoms with van der Waals surface area (Å²) in [6, 6.07) is 0.672. The molecule has 0 heterocycles. The zero-order chi connectivity index (χ0) is 13.4. The van der Waals surface area contributed by atoms with Crippen molar-refractivity contribution in [2.45, 2.75) is 18.1 Å². The van der Waals surface area contributed by atoms with E-state index in [9.17, 15) is 22.0 Å². The number of anilines is 1. The molecular formula is C9H9Cl2F5N2. The van der Waals surface area contributed by atoms with Gasteiger partial charge in [-0.1, -0.05) is 11.6 Å². The van der Waals surface area contributed by atoms with Gasteiger partial charge in [0.2, 0.25) is 0 Å². The van der Waals surface area contributed by atoms with Crippen LogP contribution in [0.15, 0.2) is 18.2 Å². The van der Waals surface area contributed by atoms with Crippen molar-refractivity contribution in [2.75, 3.05) is 5.73 Å². The van der Waals surface area contributed by atoms with Gasteiger partial charge in [-0.05, 0) is 23.8 Å². The van der Waals surface area contributed by atoms with E-state index >= 15 is 0 Å². The summed E-state index contributed by atoms with van der Waals surface area (Å²) in [6.45, 7) is 0. The molecule has 0 bridgehead atoms. The topological polar surface area (TPSA) is 52.0 Å². The van der Waals surface area contributed by atoms with Gasteiger partial charge in [-0.2, -0.15) is 22.0 Å². The molecule has 0 aliphatic heterocycles. The summed E-state index contributed by atoms with van der Waals surface area (Å²) >= 11 is 5.49. The van der Waals surface area contributed by atoms with E-state index in [-0.39, 0.29) is 23.1 Å². The molecule has 0 aliphatic rings. The Hall–Kier alpha value is -0.790. The minimum atomic E-state index is -5.75. The number of nitrogen functional groups attached to an aromatic ring is 1. The maximum atomic E-state index is 13.0. The van der Waals surface area contributed by atoms with Gasteiger partial charge >= 0.3 is 12.1 Å². The van der Waals surface area contributed by atoms with Gasteiger partial charge in [0.1, 0.15) is 6.04 Å². The quantitative estimate of drug-likeness (QED) is 0.648. The fourth-order valence-electron chi connectivity index (χ4n) is 1.19. The molecule has 1 aromatic carbocycles. The highest BCUT2D eigenvalue weighted by atomic mass is 35.5. The first-order valence-electron chi connectivity index (χ1n) is 4.32. The Kier molecular flexibility index (Phi) is 5.22. The minimum Gasteiger partial charge on any atom is -0.398 e. The van der Waals surface area contributed by atoms with Gasteiger partial charge in [0.05, 0.1) is 0 Å². The van der Waals surface area contributed by atoms with Crippen LogP contribution in [0.5, 0.6) is 0 Å². The molecule has 0 saturated carbocycles. The molecule has 9 heteroatoms. The highest BCUT2D eigenvalue weighted by molar-refractivity contribution is 6.30. The van der Waals surface area contributed by atoms with Crippen molar-refractivity contribution >= 4 is 29.7 Å². The Bertz CT molecular complexity index is 422. The van der Waals surface area contributed by atoms with Crippen LogP contribution in [0.3, 0.4) is 0 Å². The molecule has 0 fully saturated rings. The molecule has 2 nitrogen and oxygen atoms in total. The number of hydrogen-bond acceptors (Lipinski definition) is 2. The maximum absolute atomic E-state index is 13.0. The summed E-state index contributed by atoms with van der Waals surface area (Å²) in [5, 5.41) is -0.0253. The second kappa shape index (κ2) is 5.46. The summed E-state index contributed by atoms with van der Waals surface area (Å²) in [5.41, 5.74) is 9.40. The predicted molar refractivity (Wildman–Crippen MR) is 61.0 cm³/mol. The van der Waals surface area contributed by atoms with Crippen LogP contribution >= 0.6 is 24.0 Å². The van der Waals surface area contributed by atoms with Crippen LogP contribution in [0.1, 0.15) is 11.6 Å². The molecule has 0 aliphatic carbocycles. The molecule has 0 radical (unpaired) electrons. The largest absolute Gasteiger partial charge is 0.455 e. The van der Waals surface area contributed by atoms with E-state index in [0.717, 1.165) is 12.1 Å². The number of rotatable bonds is 2. The van der Waals surface area contributed by atoms with Gasteiger partial charge in [-0.25, -0.2) is 0 Å². The molecule has 18 heavy (non-hydrogen) atoms. The van der Waals surface area contributed by atoms with Crippen LogP contribution < -0.4 is 11.5 Å².